The van der Waals surface area contributed by atoms with Gasteiger partial charge in [-0.25, -0.2) is 4.79 Å². The zero-order valence-electron chi connectivity index (χ0n) is 12.0. The van der Waals surface area contributed by atoms with Crippen molar-refractivity contribution in [2.24, 2.45) is 0 Å². The zero-order chi connectivity index (χ0) is 14.7. The first kappa shape index (κ1) is 14.0. The van der Waals surface area contributed by atoms with Gasteiger partial charge in [-0.15, -0.1) is 11.8 Å². The number of anilines is 2. The maximum absolute atomic E-state index is 12.5. The van der Waals surface area contributed by atoms with Crippen molar-refractivity contribution >= 4 is 29.2 Å². The van der Waals surface area contributed by atoms with Gasteiger partial charge in [-0.2, -0.15) is 0 Å². The highest BCUT2D eigenvalue weighted by Gasteiger charge is 2.22. The van der Waals surface area contributed by atoms with Gasteiger partial charge in [-0.05, 0) is 48.9 Å². The molecule has 3 rings (SSSR count). The van der Waals surface area contributed by atoms with Crippen LogP contribution in [0.4, 0.5) is 16.2 Å². The molecule has 0 spiro atoms. The second-order valence-corrected chi connectivity index (χ2v) is 5.93. The van der Waals surface area contributed by atoms with Crippen LogP contribution in [0.1, 0.15) is 12.0 Å². The van der Waals surface area contributed by atoms with Crippen molar-refractivity contribution in [1.82, 2.24) is 0 Å². The van der Waals surface area contributed by atoms with Crippen molar-refractivity contribution in [2.45, 2.75) is 17.7 Å². The molecule has 0 aromatic heterocycles. The van der Waals surface area contributed by atoms with Crippen molar-refractivity contribution in [2.75, 3.05) is 23.0 Å². The lowest BCUT2D eigenvalue weighted by Gasteiger charge is -2.29. The Balaban J connectivity index is 1.80. The number of fused-ring (bicyclic) bond motifs is 1. The lowest BCUT2D eigenvalue weighted by molar-refractivity contribution is 0.256. The van der Waals surface area contributed by atoms with E-state index in [9.17, 15) is 4.79 Å². The van der Waals surface area contributed by atoms with E-state index in [0.717, 1.165) is 35.7 Å². The van der Waals surface area contributed by atoms with Crippen molar-refractivity contribution in [3.05, 3.63) is 54.1 Å². The van der Waals surface area contributed by atoms with Crippen molar-refractivity contribution in [3.63, 3.8) is 0 Å². The number of carbonyl (C=O) groups is 1. The van der Waals surface area contributed by atoms with Crippen molar-refractivity contribution in [3.8, 4) is 0 Å². The van der Waals surface area contributed by atoms with E-state index in [4.69, 9.17) is 0 Å². The molecule has 2 aromatic rings. The van der Waals surface area contributed by atoms with E-state index in [0.29, 0.717) is 0 Å². The molecule has 2 amide bonds. The number of nitrogens with zero attached hydrogens (tertiary/aromatic N) is 1. The van der Waals surface area contributed by atoms with E-state index in [1.807, 2.05) is 53.6 Å². The number of hydrogen-bond acceptors (Lipinski definition) is 2. The predicted molar refractivity (Wildman–Crippen MR) is 89.4 cm³/mol. The van der Waals surface area contributed by atoms with E-state index in [-0.39, 0.29) is 6.03 Å². The second kappa shape index (κ2) is 6.22. The Labute approximate surface area is 129 Å². The molecule has 1 aliphatic rings. The Morgan fingerprint density at radius 3 is 2.90 bits per heavy atom. The van der Waals surface area contributed by atoms with Crippen LogP contribution in [-0.2, 0) is 6.42 Å². The van der Waals surface area contributed by atoms with Gasteiger partial charge in [0.25, 0.3) is 0 Å². The molecule has 3 nitrogen and oxygen atoms in total. The average Bonchev–Trinajstić information content (AvgIpc) is 2.54. The van der Waals surface area contributed by atoms with Gasteiger partial charge in [0, 0.05) is 22.8 Å². The monoisotopic (exact) mass is 298 g/mol. The third-order valence-electron chi connectivity index (χ3n) is 3.68. The Kier molecular flexibility index (Phi) is 4.15. The van der Waals surface area contributed by atoms with Crippen molar-refractivity contribution in [1.29, 1.82) is 0 Å². The van der Waals surface area contributed by atoms with Crippen LogP contribution in [0, 0.1) is 0 Å². The topological polar surface area (TPSA) is 32.3 Å². The molecule has 0 atom stereocenters. The summed E-state index contributed by atoms with van der Waals surface area (Å²) in [5, 5.41) is 3.00. The van der Waals surface area contributed by atoms with E-state index in [1.54, 1.807) is 11.8 Å². The fourth-order valence-electron chi connectivity index (χ4n) is 2.64. The summed E-state index contributed by atoms with van der Waals surface area (Å²) in [6, 6.07) is 16.0. The summed E-state index contributed by atoms with van der Waals surface area (Å²) >= 11 is 1.67. The summed E-state index contributed by atoms with van der Waals surface area (Å²) in [5.74, 6) is 0. The minimum absolute atomic E-state index is 0.0552. The largest absolute Gasteiger partial charge is 0.326 e. The summed E-state index contributed by atoms with van der Waals surface area (Å²) in [6.45, 7) is 0.769. The summed E-state index contributed by atoms with van der Waals surface area (Å²) in [5.41, 5.74) is 3.12. The van der Waals surface area contributed by atoms with Gasteiger partial charge in [0.2, 0.25) is 0 Å². The predicted octanol–water partition coefficient (Wildman–Crippen LogP) is 4.39. The van der Waals surface area contributed by atoms with Gasteiger partial charge in [0.05, 0.1) is 0 Å². The first-order valence-electron chi connectivity index (χ1n) is 7.08. The molecule has 0 saturated carbocycles. The molecule has 0 aliphatic carbocycles. The molecule has 1 N–H and O–H groups in total. The van der Waals surface area contributed by atoms with E-state index >= 15 is 0 Å². The molecule has 21 heavy (non-hydrogen) atoms. The number of para-hydroxylation sites is 1. The first-order chi connectivity index (χ1) is 10.3. The minimum Gasteiger partial charge on any atom is -0.308 e. The number of hydrogen-bond donors (Lipinski definition) is 1. The standard InChI is InChI=1S/C17H18N2OS/c1-21-15-9-4-8-14(12-15)18-17(20)19-11-5-7-13-6-2-3-10-16(13)19/h2-4,6,8-10,12H,5,7,11H2,1H3,(H,18,20). The lowest BCUT2D eigenvalue weighted by Crippen LogP contribution is -2.38. The molecule has 4 heteroatoms. The highest BCUT2D eigenvalue weighted by molar-refractivity contribution is 7.98. The second-order valence-electron chi connectivity index (χ2n) is 5.05. The molecule has 0 unspecified atom stereocenters. The molecule has 0 saturated heterocycles. The van der Waals surface area contributed by atoms with E-state index in [1.165, 1.54) is 5.56 Å². The van der Waals surface area contributed by atoms with Crippen LogP contribution in [0.5, 0.6) is 0 Å². The number of rotatable bonds is 2. The Bertz CT molecular complexity index is 657. The smallest absolute Gasteiger partial charge is 0.308 e. The number of nitrogens with one attached hydrogen (secondary N) is 1. The molecule has 108 valence electrons. The molecule has 1 aliphatic heterocycles. The molecule has 0 radical (unpaired) electrons. The lowest BCUT2D eigenvalue weighted by atomic mass is 10.0. The number of benzene rings is 2. The number of carbonyl (C=O) groups excluding carboxylic acids is 1. The Morgan fingerprint density at radius 1 is 1.19 bits per heavy atom. The van der Waals surface area contributed by atoms with Gasteiger partial charge < -0.3 is 5.32 Å². The Hall–Kier alpha value is -1.94. The van der Waals surface area contributed by atoms with E-state index in [2.05, 4.69) is 11.4 Å². The van der Waals surface area contributed by atoms with Crippen LogP contribution >= 0.6 is 11.8 Å². The van der Waals surface area contributed by atoms with Gasteiger partial charge in [-0.1, -0.05) is 24.3 Å². The summed E-state index contributed by atoms with van der Waals surface area (Å²) in [6.07, 6.45) is 4.08. The van der Waals surface area contributed by atoms with Crippen LogP contribution in [0.25, 0.3) is 0 Å². The third-order valence-corrected chi connectivity index (χ3v) is 4.40. The quantitative estimate of drug-likeness (QED) is 0.834. The van der Waals surface area contributed by atoms with Crippen molar-refractivity contribution < 1.29 is 4.79 Å². The average molecular weight is 298 g/mol. The number of urea groups is 1. The van der Waals surface area contributed by atoms with Crippen LogP contribution in [0.15, 0.2) is 53.4 Å². The Morgan fingerprint density at radius 2 is 2.05 bits per heavy atom. The van der Waals surface area contributed by atoms with Gasteiger partial charge in [-0.3, -0.25) is 4.90 Å². The van der Waals surface area contributed by atoms with E-state index < -0.39 is 0 Å². The van der Waals surface area contributed by atoms with Crippen LogP contribution < -0.4 is 10.2 Å². The zero-order valence-corrected chi connectivity index (χ0v) is 12.8. The highest BCUT2D eigenvalue weighted by atomic mass is 32.2. The summed E-state index contributed by atoms with van der Waals surface area (Å²) < 4.78 is 0. The molecule has 2 aromatic carbocycles. The molecule has 1 heterocycles. The summed E-state index contributed by atoms with van der Waals surface area (Å²) in [7, 11) is 0. The number of aryl methyl sites for hydroxylation is 1. The van der Waals surface area contributed by atoms with Gasteiger partial charge in [0.15, 0.2) is 0 Å². The fourth-order valence-corrected chi connectivity index (χ4v) is 3.10. The maximum atomic E-state index is 12.5. The highest BCUT2D eigenvalue weighted by Crippen LogP contribution is 2.27. The molecule has 0 fully saturated rings. The fraction of sp³-hybridized carbons (Fsp3) is 0.235. The third kappa shape index (κ3) is 3.05. The van der Waals surface area contributed by atoms with Crippen LogP contribution in [0.3, 0.4) is 0 Å². The number of amides is 2. The number of thioether (sulfide) groups is 1. The molecule has 0 bridgehead atoms. The van der Waals surface area contributed by atoms with Crippen LogP contribution in [-0.4, -0.2) is 18.8 Å². The summed E-state index contributed by atoms with van der Waals surface area (Å²) in [4.78, 5) is 15.5. The normalized spacial score (nSPS) is 13.7. The van der Waals surface area contributed by atoms with Gasteiger partial charge in [0.1, 0.15) is 0 Å². The molecular formula is C17H18N2OS. The first-order valence-corrected chi connectivity index (χ1v) is 8.31. The maximum Gasteiger partial charge on any atom is 0.326 e. The molecular weight excluding hydrogens is 280 g/mol. The minimum atomic E-state index is -0.0552. The SMILES string of the molecule is CSc1cccc(NC(=O)N2CCCc3ccccc32)c1. The van der Waals surface area contributed by atoms with Crippen LogP contribution in [0.2, 0.25) is 0 Å². The van der Waals surface area contributed by atoms with Gasteiger partial charge >= 0.3 is 6.03 Å².